The third-order valence-electron chi connectivity index (χ3n) is 1.18. The van der Waals surface area contributed by atoms with Crippen LogP contribution in [0.5, 0.6) is 0 Å². The first kappa shape index (κ1) is 10.2. The minimum Gasteiger partial charge on any atom is -0.382 e. The van der Waals surface area contributed by atoms with Crippen LogP contribution in [0.1, 0.15) is 0 Å². The Balaban J connectivity index is 3.48. The minimum atomic E-state index is -1.41. The molecule has 3 nitrogen and oxygen atoms in total. The summed E-state index contributed by atoms with van der Waals surface area (Å²) in [5.74, 6) is 0. The van der Waals surface area contributed by atoms with Crippen molar-refractivity contribution in [2.45, 2.75) is 0 Å². The molecule has 0 aliphatic rings. The molecule has 0 amide bonds. The second-order valence-corrected chi connectivity index (χ2v) is 5.57. The zero-order valence-electron chi connectivity index (χ0n) is 7.13. The van der Waals surface area contributed by atoms with Gasteiger partial charge in [-0.2, -0.15) is 0 Å². The largest absolute Gasteiger partial charge is 0.382 e. The number of ether oxygens (including phenoxy) is 1. The van der Waals surface area contributed by atoms with Crippen molar-refractivity contribution < 1.29 is 9.26 Å². The number of hydrogen-bond donors (Lipinski definition) is 0. The maximum atomic E-state index is 5.44. The Morgan fingerprint density at radius 3 is 2.30 bits per heavy atom. The molecule has 0 aromatic carbocycles. The van der Waals surface area contributed by atoms with E-state index in [0.29, 0.717) is 13.2 Å². The summed E-state index contributed by atoms with van der Waals surface area (Å²) in [6.07, 6.45) is 0. The van der Waals surface area contributed by atoms with Crippen LogP contribution in [0.3, 0.4) is 0 Å². The van der Waals surface area contributed by atoms with Crippen LogP contribution in [0.4, 0.5) is 0 Å². The van der Waals surface area contributed by atoms with Crippen LogP contribution in [0.2, 0.25) is 0 Å². The van der Waals surface area contributed by atoms with Gasteiger partial charge in [0.25, 0.3) is 0 Å². The second-order valence-electron chi connectivity index (χ2n) is 2.32. The van der Waals surface area contributed by atoms with Crippen LogP contribution < -0.4 is 0 Å². The van der Waals surface area contributed by atoms with Gasteiger partial charge in [-0.05, 0) is 13.3 Å². The molecule has 0 bridgehead atoms. The molecule has 62 valence electrons. The van der Waals surface area contributed by atoms with Gasteiger partial charge in [0, 0.05) is 14.2 Å². The first-order valence-electron chi connectivity index (χ1n) is 3.21. The SMILES string of the molecule is CN=P(C)(C)OCCOC. The lowest BCUT2D eigenvalue weighted by atomic mass is 10.8. The third kappa shape index (κ3) is 4.98. The number of hydrogen-bond acceptors (Lipinski definition) is 3. The molecule has 0 fully saturated rings. The van der Waals surface area contributed by atoms with E-state index in [4.69, 9.17) is 9.26 Å². The van der Waals surface area contributed by atoms with E-state index in [0.717, 1.165) is 0 Å². The molecule has 0 heterocycles. The lowest BCUT2D eigenvalue weighted by Crippen LogP contribution is -1.98. The van der Waals surface area contributed by atoms with Gasteiger partial charge >= 0.3 is 0 Å². The molecular weight excluding hydrogens is 149 g/mol. The smallest absolute Gasteiger partial charge is 0.0789 e. The highest BCUT2D eigenvalue weighted by Gasteiger charge is 2.01. The summed E-state index contributed by atoms with van der Waals surface area (Å²) in [6, 6.07) is 0. The van der Waals surface area contributed by atoms with Gasteiger partial charge in [-0.25, -0.2) is 0 Å². The van der Waals surface area contributed by atoms with Crippen LogP contribution in [0, 0.1) is 0 Å². The number of rotatable bonds is 4. The predicted molar refractivity (Wildman–Crippen MR) is 44.9 cm³/mol. The molecule has 0 spiro atoms. The van der Waals surface area contributed by atoms with Gasteiger partial charge in [-0.1, -0.05) is 0 Å². The van der Waals surface area contributed by atoms with Crippen molar-refractivity contribution in [3.63, 3.8) is 0 Å². The van der Waals surface area contributed by atoms with Gasteiger partial charge in [0.2, 0.25) is 0 Å². The van der Waals surface area contributed by atoms with Gasteiger partial charge in [0.05, 0.1) is 20.5 Å². The fourth-order valence-electron chi connectivity index (χ4n) is 0.402. The molecule has 0 saturated heterocycles. The van der Waals surface area contributed by atoms with Gasteiger partial charge in [0.1, 0.15) is 0 Å². The summed E-state index contributed by atoms with van der Waals surface area (Å²) in [5, 5.41) is 0. The summed E-state index contributed by atoms with van der Waals surface area (Å²) in [7, 11) is 2.05. The molecule has 0 aromatic heterocycles. The molecule has 0 atom stereocenters. The zero-order valence-corrected chi connectivity index (χ0v) is 8.02. The third-order valence-corrected chi connectivity index (χ3v) is 2.95. The Bertz CT molecular complexity index is 130. The fourth-order valence-corrected chi connectivity index (χ4v) is 1.04. The quantitative estimate of drug-likeness (QED) is 0.468. The Labute approximate surface area is 62.9 Å². The molecule has 0 saturated carbocycles. The number of nitrogens with zero attached hydrogens (tertiary/aromatic N) is 1. The van der Waals surface area contributed by atoms with Gasteiger partial charge in [0.15, 0.2) is 0 Å². The summed E-state index contributed by atoms with van der Waals surface area (Å²) < 4.78 is 14.4. The Kier molecular flexibility index (Phi) is 4.96. The summed E-state index contributed by atoms with van der Waals surface area (Å²) >= 11 is 0. The van der Waals surface area contributed by atoms with E-state index in [-0.39, 0.29) is 0 Å². The first-order valence-corrected chi connectivity index (χ1v) is 5.76. The highest BCUT2D eigenvalue weighted by Crippen LogP contribution is 2.40. The average Bonchev–Trinajstić information content (AvgIpc) is 1.89. The molecule has 0 aromatic rings. The maximum Gasteiger partial charge on any atom is 0.0789 e. The van der Waals surface area contributed by atoms with E-state index >= 15 is 0 Å². The van der Waals surface area contributed by atoms with Crippen LogP contribution in [-0.4, -0.2) is 40.7 Å². The Morgan fingerprint density at radius 2 is 1.90 bits per heavy atom. The minimum absolute atomic E-state index is 0.647. The predicted octanol–water partition coefficient (Wildman–Crippen LogP) is 1.66. The zero-order chi connectivity index (χ0) is 8.04. The number of methoxy groups -OCH3 is 1. The van der Waals surface area contributed by atoms with E-state index in [1.165, 1.54) is 0 Å². The molecule has 0 radical (unpaired) electrons. The van der Waals surface area contributed by atoms with Crippen LogP contribution >= 0.6 is 7.28 Å². The summed E-state index contributed by atoms with van der Waals surface area (Å²) in [4.78, 5) is 0. The lowest BCUT2D eigenvalue weighted by Gasteiger charge is -2.12. The van der Waals surface area contributed by atoms with Crippen molar-refractivity contribution in [1.29, 1.82) is 0 Å². The molecular formula is C6H16NO2P. The molecule has 0 aliphatic heterocycles. The van der Waals surface area contributed by atoms with Crippen molar-refractivity contribution in [3.05, 3.63) is 0 Å². The molecule has 10 heavy (non-hydrogen) atoms. The van der Waals surface area contributed by atoms with E-state index in [1.54, 1.807) is 14.2 Å². The van der Waals surface area contributed by atoms with Gasteiger partial charge < -0.3 is 9.26 Å². The standard InChI is InChI=1S/C6H16NO2P/c1-7-10(3,4)9-6-5-8-2/h5-6H2,1-4H3. The molecule has 4 heteroatoms. The van der Waals surface area contributed by atoms with Crippen LogP contribution in [0.15, 0.2) is 4.74 Å². The summed E-state index contributed by atoms with van der Waals surface area (Å²) in [6.45, 7) is 5.36. The Morgan fingerprint density at radius 1 is 1.30 bits per heavy atom. The maximum absolute atomic E-state index is 5.44. The normalized spacial score (nSPS) is 11.6. The Hall–Kier alpha value is 0.150. The van der Waals surface area contributed by atoms with Gasteiger partial charge in [-0.3, -0.25) is 4.74 Å². The van der Waals surface area contributed by atoms with Crippen molar-refractivity contribution in [2.24, 2.45) is 4.74 Å². The van der Waals surface area contributed by atoms with Crippen LogP contribution in [-0.2, 0) is 9.26 Å². The molecule has 0 unspecified atom stereocenters. The average molecular weight is 165 g/mol. The lowest BCUT2D eigenvalue weighted by molar-refractivity contribution is 0.152. The fraction of sp³-hybridized carbons (Fsp3) is 1.00. The van der Waals surface area contributed by atoms with Crippen molar-refractivity contribution in [2.75, 3.05) is 40.7 Å². The summed E-state index contributed by atoms with van der Waals surface area (Å²) in [5.41, 5.74) is 0. The molecule has 0 N–H and O–H groups in total. The first-order chi connectivity index (χ1) is 4.62. The highest BCUT2D eigenvalue weighted by molar-refractivity contribution is 7.59. The van der Waals surface area contributed by atoms with Crippen molar-refractivity contribution >= 4 is 7.28 Å². The highest BCUT2D eigenvalue weighted by atomic mass is 31.2. The van der Waals surface area contributed by atoms with Crippen molar-refractivity contribution in [1.82, 2.24) is 0 Å². The monoisotopic (exact) mass is 165 g/mol. The molecule has 0 aliphatic carbocycles. The van der Waals surface area contributed by atoms with E-state index in [1.807, 2.05) is 13.3 Å². The van der Waals surface area contributed by atoms with E-state index in [2.05, 4.69) is 4.74 Å². The van der Waals surface area contributed by atoms with Gasteiger partial charge in [-0.15, -0.1) is 0 Å². The van der Waals surface area contributed by atoms with E-state index < -0.39 is 7.28 Å². The van der Waals surface area contributed by atoms with E-state index in [9.17, 15) is 0 Å². The van der Waals surface area contributed by atoms with Crippen molar-refractivity contribution in [3.8, 4) is 0 Å². The second kappa shape index (κ2) is 4.89. The van der Waals surface area contributed by atoms with Crippen LogP contribution in [0.25, 0.3) is 0 Å². The topological polar surface area (TPSA) is 30.8 Å². The molecule has 0 rings (SSSR count).